The number of benzene rings is 2. The summed E-state index contributed by atoms with van der Waals surface area (Å²) in [5.74, 6) is 0. The minimum absolute atomic E-state index is 0.00771. The van der Waals surface area contributed by atoms with Crippen molar-refractivity contribution in [2.75, 3.05) is 18.0 Å². The second kappa shape index (κ2) is 7.31. The van der Waals surface area contributed by atoms with Crippen molar-refractivity contribution in [2.24, 2.45) is 10.2 Å². The first kappa shape index (κ1) is 15.6. The van der Waals surface area contributed by atoms with Crippen molar-refractivity contribution in [3.63, 3.8) is 0 Å². The van der Waals surface area contributed by atoms with E-state index in [9.17, 15) is 10.1 Å². The first-order chi connectivity index (χ1) is 10.6. The largest absolute Gasteiger partial charge is 0.372 e. The summed E-state index contributed by atoms with van der Waals surface area (Å²) in [7, 11) is 0. The maximum atomic E-state index is 10.7. The fourth-order valence-electron chi connectivity index (χ4n) is 2.10. The van der Waals surface area contributed by atoms with Crippen molar-refractivity contribution in [3.05, 3.63) is 58.6 Å². The van der Waals surface area contributed by atoms with E-state index in [0.29, 0.717) is 11.4 Å². The molecule has 114 valence electrons. The summed E-state index contributed by atoms with van der Waals surface area (Å²) >= 11 is 0. The van der Waals surface area contributed by atoms with E-state index in [4.69, 9.17) is 0 Å². The highest BCUT2D eigenvalue weighted by atomic mass is 16.6. The Kier molecular flexibility index (Phi) is 5.19. The minimum Gasteiger partial charge on any atom is -0.372 e. The molecule has 0 bridgehead atoms. The van der Waals surface area contributed by atoms with Gasteiger partial charge in [-0.25, -0.2) is 0 Å². The third-order valence-corrected chi connectivity index (χ3v) is 3.30. The van der Waals surface area contributed by atoms with Gasteiger partial charge in [0.2, 0.25) is 0 Å². The van der Waals surface area contributed by atoms with Crippen LogP contribution in [0.2, 0.25) is 0 Å². The number of hydrogen-bond acceptors (Lipinski definition) is 5. The number of anilines is 1. The van der Waals surface area contributed by atoms with Crippen LogP contribution in [0.1, 0.15) is 13.8 Å². The summed E-state index contributed by atoms with van der Waals surface area (Å²) in [5, 5.41) is 18.9. The van der Waals surface area contributed by atoms with E-state index >= 15 is 0 Å². The Bertz CT molecular complexity index is 664. The van der Waals surface area contributed by atoms with Gasteiger partial charge in [-0.15, -0.1) is 0 Å². The molecule has 0 aliphatic carbocycles. The second-order valence-electron chi connectivity index (χ2n) is 4.67. The highest BCUT2D eigenvalue weighted by Crippen LogP contribution is 2.24. The van der Waals surface area contributed by atoms with Crippen LogP contribution >= 0.6 is 0 Å². The highest BCUT2D eigenvalue weighted by molar-refractivity contribution is 5.53. The molecular weight excluding hydrogens is 280 g/mol. The van der Waals surface area contributed by atoms with Crippen LogP contribution in [0.5, 0.6) is 0 Å². The van der Waals surface area contributed by atoms with Crippen molar-refractivity contribution in [1.29, 1.82) is 0 Å². The number of nitrogens with zero attached hydrogens (tertiary/aromatic N) is 4. The van der Waals surface area contributed by atoms with Crippen LogP contribution in [0.3, 0.4) is 0 Å². The lowest BCUT2D eigenvalue weighted by molar-refractivity contribution is -0.384. The molecule has 0 atom stereocenters. The van der Waals surface area contributed by atoms with Crippen molar-refractivity contribution in [1.82, 2.24) is 0 Å². The zero-order valence-corrected chi connectivity index (χ0v) is 12.6. The monoisotopic (exact) mass is 298 g/mol. The fraction of sp³-hybridized carbons (Fsp3) is 0.250. The van der Waals surface area contributed by atoms with Crippen LogP contribution in [-0.4, -0.2) is 18.0 Å². The second-order valence-corrected chi connectivity index (χ2v) is 4.67. The molecule has 0 radical (unpaired) electrons. The van der Waals surface area contributed by atoms with Gasteiger partial charge in [0.25, 0.3) is 5.69 Å². The molecule has 2 aromatic rings. The third kappa shape index (κ3) is 3.88. The SMILES string of the molecule is CCN(CC)c1ccc(N=Nc2cccc([N+](=O)[O-])c2)cc1. The normalized spacial score (nSPS) is 10.8. The molecule has 0 spiro atoms. The van der Waals surface area contributed by atoms with Gasteiger partial charge in [0.15, 0.2) is 0 Å². The molecule has 0 heterocycles. The Balaban J connectivity index is 2.13. The molecule has 22 heavy (non-hydrogen) atoms. The smallest absolute Gasteiger partial charge is 0.271 e. The summed E-state index contributed by atoms with van der Waals surface area (Å²) in [5.41, 5.74) is 2.32. The van der Waals surface area contributed by atoms with Gasteiger partial charge in [-0.1, -0.05) is 6.07 Å². The number of azo groups is 1. The summed E-state index contributed by atoms with van der Waals surface area (Å²) in [6.07, 6.45) is 0. The van der Waals surface area contributed by atoms with Gasteiger partial charge >= 0.3 is 0 Å². The van der Waals surface area contributed by atoms with Crippen LogP contribution in [0.15, 0.2) is 58.8 Å². The predicted molar refractivity (Wildman–Crippen MR) is 87.3 cm³/mol. The number of hydrogen-bond donors (Lipinski definition) is 0. The lowest BCUT2D eigenvalue weighted by atomic mass is 10.2. The molecule has 0 unspecified atom stereocenters. The average molecular weight is 298 g/mol. The molecule has 2 rings (SSSR count). The van der Waals surface area contributed by atoms with Crippen LogP contribution in [0.25, 0.3) is 0 Å². The lowest BCUT2D eigenvalue weighted by Gasteiger charge is -2.20. The lowest BCUT2D eigenvalue weighted by Crippen LogP contribution is -2.21. The van der Waals surface area contributed by atoms with E-state index in [2.05, 4.69) is 29.0 Å². The van der Waals surface area contributed by atoms with E-state index < -0.39 is 4.92 Å². The zero-order chi connectivity index (χ0) is 15.9. The molecule has 0 saturated carbocycles. The van der Waals surface area contributed by atoms with Gasteiger partial charge in [0.1, 0.15) is 0 Å². The molecule has 0 N–H and O–H groups in total. The quantitative estimate of drug-likeness (QED) is 0.434. The molecule has 0 aliphatic heterocycles. The van der Waals surface area contributed by atoms with Gasteiger partial charge in [0, 0.05) is 30.9 Å². The minimum atomic E-state index is -0.447. The van der Waals surface area contributed by atoms with Crippen LogP contribution < -0.4 is 4.90 Å². The Hall–Kier alpha value is -2.76. The van der Waals surface area contributed by atoms with Crippen molar-refractivity contribution >= 4 is 22.7 Å². The summed E-state index contributed by atoms with van der Waals surface area (Å²) in [6.45, 7) is 6.12. The summed E-state index contributed by atoms with van der Waals surface area (Å²) < 4.78 is 0. The van der Waals surface area contributed by atoms with E-state index in [0.717, 1.165) is 18.8 Å². The number of nitro groups is 1. The van der Waals surface area contributed by atoms with E-state index in [-0.39, 0.29) is 5.69 Å². The molecule has 0 aromatic heterocycles. The number of non-ortho nitro benzene ring substituents is 1. The summed E-state index contributed by atoms with van der Waals surface area (Å²) in [4.78, 5) is 12.5. The molecule has 2 aromatic carbocycles. The standard InChI is InChI=1S/C16H18N4O2/c1-3-19(4-2)15-10-8-13(9-11-15)17-18-14-6-5-7-16(12-14)20(21)22/h5-12H,3-4H2,1-2H3. The molecule has 0 aliphatic rings. The van der Waals surface area contributed by atoms with Crippen molar-refractivity contribution in [3.8, 4) is 0 Å². The van der Waals surface area contributed by atoms with E-state index in [1.165, 1.54) is 12.1 Å². The van der Waals surface area contributed by atoms with Gasteiger partial charge < -0.3 is 4.90 Å². The van der Waals surface area contributed by atoms with Crippen LogP contribution in [0, 0.1) is 10.1 Å². The van der Waals surface area contributed by atoms with Crippen molar-refractivity contribution in [2.45, 2.75) is 13.8 Å². The molecule has 6 nitrogen and oxygen atoms in total. The molecule has 6 heteroatoms. The fourth-order valence-corrected chi connectivity index (χ4v) is 2.10. The third-order valence-electron chi connectivity index (χ3n) is 3.30. The topological polar surface area (TPSA) is 71.1 Å². The highest BCUT2D eigenvalue weighted by Gasteiger charge is 2.05. The molecular formula is C16H18N4O2. The Morgan fingerprint density at radius 3 is 2.23 bits per heavy atom. The van der Waals surface area contributed by atoms with Gasteiger partial charge in [-0.05, 0) is 44.2 Å². The van der Waals surface area contributed by atoms with Crippen LogP contribution in [-0.2, 0) is 0 Å². The van der Waals surface area contributed by atoms with Gasteiger partial charge in [0.05, 0.1) is 16.3 Å². The molecule has 0 fully saturated rings. The molecule has 0 amide bonds. The summed E-state index contributed by atoms with van der Waals surface area (Å²) in [6, 6.07) is 13.9. The Morgan fingerprint density at radius 2 is 1.64 bits per heavy atom. The maximum Gasteiger partial charge on any atom is 0.271 e. The molecule has 0 saturated heterocycles. The average Bonchev–Trinajstić information content (AvgIpc) is 2.55. The number of rotatable bonds is 6. The zero-order valence-electron chi connectivity index (χ0n) is 12.6. The van der Waals surface area contributed by atoms with Gasteiger partial charge in [-0.2, -0.15) is 10.2 Å². The maximum absolute atomic E-state index is 10.7. The number of nitro benzene ring substituents is 1. The van der Waals surface area contributed by atoms with Crippen molar-refractivity contribution < 1.29 is 4.92 Å². The van der Waals surface area contributed by atoms with Gasteiger partial charge in [-0.3, -0.25) is 10.1 Å². The van der Waals surface area contributed by atoms with Crippen LogP contribution in [0.4, 0.5) is 22.7 Å². The first-order valence-corrected chi connectivity index (χ1v) is 7.15. The first-order valence-electron chi connectivity index (χ1n) is 7.15. The predicted octanol–water partition coefficient (Wildman–Crippen LogP) is 4.86. The van der Waals surface area contributed by atoms with E-state index in [1.807, 2.05) is 24.3 Å². The van der Waals surface area contributed by atoms with E-state index in [1.54, 1.807) is 12.1 Å². The Morgan fingerprint density at radius 1 is 1.00 bits per heavy atom. The Labute approximate surface area is 129 Å².